The first-order chi connectivity index (χ1) is 5.77. The number of aromatic nitrogens is 1. The number of nitrogens with one attached hydrogen (secondary N) is 1. The second kappa shape index (κ2) is 3.73. The highest BCUT2D eigenvalue weighted by Gasteiger charge is 2.01. The smallest absolute Gasteiger partial charge is 0.150 e. The molecule has 0 aliphatic carbocycles. The maximum atomic E-state index is 10.3. The van der Waals surface area contributed by atoms with E-state index in [4.69, 9.17) is 10.5 Å². The third kappa shape index (κ3) is 1.73. The van der Waals surface area contributed by atoms with Crippen LogP contribution < -0.4 is 0 Å². The van der Waals surface area contributed by atoms with E-state index in [9.17, 15) is 4.79 Å². The standard InChI is InChI=1S/C8H8N2O2/c9-7(5-12)8-3-6(4-11)1-2-10-8/h1-4,9,12H,5H2. The van der Waals surface area contributed by atoms with E-state index in [2.05, 4.69) is 4.98 Å². The zero-order valence-electron chi connectivity index (χ0n) is 6.32. The Hall–Kier alpha value is -1.55. The molecule has 1 rings (SSSR count). The van der Waals surface area contributed by atoms with Crippen molar-refractivity contribution in [2.45, 2.75) is 0 Å². The molecule has 4 nitrogen and oxygen atoms in total. The molecular weight excluding hydrogens is 156 g/mol. The summed E-state index contributed by atoms with van der Waals surface area (Å²) in [5.74, 6) is 0. The molecule has 4 heteroatoms. The summed E-state index contributed by atoms with van der Waals surface area (Å²) in [5, 5.41) is 15.8. The lowest BCUT2D eigenvalue weighted by atomic mass is 10.2. The predicted molar refractivity (Wildman–Crippen MR) is 43.5 cm³/mol. The molecule has 0 radical (unpaired) electrons. The van der Waals surface area contributed by atoms with Gasteiger partial charge in [0.2, 0.25) is 0 Å². The van der Waals surface area contributed by atoms with E-state index in [0.717, 1.165) is 0 Å². The average Bonchev–Trinajstić information content (AvgIpc) is 2.17. The highest BCUT2D eigenvalue weighted by molar-refractivity contribution is 5.98. The van der Waals surface area contributed by atoms with Crippen LogP contribution in [0.3, 0.4) is 0 Å². The van der Waals surface area contributed by atoms with E-state index in [-0.39, 0.29) is 12.3 Å². The summed E-state index contributed by atoms with van der Waals surface area (Å²) in [7, 11) is 0. The minimum absolute atomic E-state index is 0.0127. The average molecular weight is 164 g/mol. The summed E-state index contributed by atoms with van der Waals surface area (Å²) in [6, 6.07) is 3.01. The van der Waals surface area contributed by atoms with Crippen LogP contribution >= 0.6 is 0 Å². The first kappa shape index (κ1) is 8.55. The van der Waals surface area contributed by atoms with E-state index in [1.807, 2.05) is 0 Å². The Kier molecular flexibility index (Phi) is 2.66. The number of hydrogen-bond donors (Lipinski definition) is 2. The maximum Gasteiger partial charge on any atom is 0.150 e. The number of aliphatic hydroxyl groups is 1. The molecule has 0 fully saturated rings. The molecule has 12 heavy (non-hydrogen) atoms. The lowest BCUT2D eigenvalue weighted by molar-refractivity contribution is 0.112. The zero-order chi connectivity index (χ0) is 8.97. The van der Waals surface area contributed by atoms with Gasteiger partial charge in [-0.2, -0.15) is 0 Å². The van der Waals surface area contributed by atoms with E-state index in [1.54, 1.807) is 6.07 Å². The van der Waals surface area contributed by atoms with Crippen LogP contribution in [0.5, 0.6) is 0 Å². The second-order valence-corrected chi connectivity index (χ2v) is 2.23. The van der Waals surface area contributed by atoms with Crippen LogP contribution in [0.15, 0.2) is 18.3 Å². The molecule has 0 bridgehead atoms. The van der Waals surface area contributed by atoms with Crippen LogP contribution in [0, 0.1) is 5.41 Å². The molecule has 1 aromatic rings. The van der Waals surface area contributed by atoms with Crippen molar-refractivity contribution in [3.8, 4) is 0 Å². The van der Waals surface area contributed by atoms with Crippen molar-refractivity contribution in [1.29, 1.82) is 5.41 Å². The lowest BCUT2D eigenvalue weighted by Gasteiger charge is -1.98. The van der Waals surface area contributed by atoms with Crippen molar-refractivity contribution in [1.82, 2.24) is 4.98 Å². The summed E-state index contributed by atoms with van der Waals surface area (Å²) >= 11 is 0. The number of carbonyl (C=O) groups excluding carboxylic acids is 1. The number of pyridine rings is 1. The van der Waals surface area contributed by atoms with E-state index >= 15 is 0 Å². The monoisotopic (exact) mass is 164 g/mol. The summed E-state index contributed by atoms with van der Waals surface area (Å²) < 4.78 is 0. The topological polar surface area (TPSA) is 74.0 Å². The molecule has 0 saturated carbocycles. The fraction of sp³-hybridized carbons (Fsp3) is 0.125. The Morgan fingerprint density at radius 2 is 2.50 bits per heavy atom. The zero-order valence-corrected chi connectivity index (χ0v) is 6.32. The molecule has 0 unspecified atom stereocenters. The lowest BCUT2D eigenvalue weighted by Crippen LogP contribution is -2.07. The molecule has 0 aliphatic heterocycles. The fourth-order valence-corrected chi connectivity index (χ4v) is 0.766. The molecule has 0 saturated heterocycles. The molecular formula is C8H8N2O2. The molecule has 1 aromatic heterocycles. The van der Waals surface area contributed by atoms with Crippen LogP contribution in [0.25, 0.3) is 0 Å². The van der Waals surface area contributed by atoms with Crippen molar-refractivity contribution in [2.75, 3.05) is 6.61 Å². The molecule has 1 heterocycles. The third-order valence-electron chi connectivity index (χ3n) is 1.39. The number of aldehydes is 1. The molecule has 0 atom stereocenters. The summed E-state index contributed by atoms with van der Waals surface area (Å²) in [6.45, 7) is -0.366. The van der Waals surface area contributed by atoms with Crippen molar-refractivity contribution in [3.63, 3.8) is 0 Å². The number of nitrogens with zero attached hydrogens (tertiary/aromatic N) is 1. The van der Waals surface area contributed by atoms with Crippen molar-refractivity contribution < 1.29 is 9.90 Å². The van der Waals surface area contributed by atoms with Gasteiger partial charge in [-0.25, -0.2) is 0 Å². The van der Waals surface area contributed by atoms with E-state index < -0.39 is 0 Å². The Bertz CT molecular complexity index is 310. The van der Waals surface area contributed by atoms with Gasteiger partial charge in [-0.1, -0.05) is 0 Å². The molecule has 0 aliphatic rings. The molecule has 62 valence electrons. The molecule has 0 spiro atoms. The van der Waals surface area contributed by atoms with Gasteiger partial charge in [0.15, 0.2) is 0 Å². The van der Waals surface area contributed by atoms with Gasteiger partial charge in [-0.05, 0) is 12.1 Å². The van der Waals surface area contributed by atoms with E-state index in [1.165, 1.54) is 12.3 Å². The van der Waals surface area contributed by atoms with Gasteiger partial charge in [0.1, 0.15) is 6.29 Å². The predicted octanol–water partition coefficient (Wildman–Crippen LogP) is 0.254. The van der Waals surface area contributed by atoms with Crippen molar-refractivity contribution in [3.05, 3.63) is 29.6 Å². The molecule has 0 aromatic carbocycles. The number of carbonyl (C=O) groups is 1. The van der Waals surface area contributed by atoms with Crippen LogP contribution in [-0.2, 0) is 0 Å². The Morgan fingerprint density at radius 3 is 3.08 bits per heavy atom. The SMILES string of the molecule is N=C(CO)c1cc(C=O)ccn1. The third-order valence-corrected chi connectivity index (χ3v) is 1.39. The Labute approximate surface area is 69.4 Å². The van der Waals surface area contributed by atoms with Gasteiger partial charge in [-0.3, -0.25) is 9.78 Å². The normalized spacial score (nSPS) is 9.42. The fourth-order valence-electron chi connectivity index (χ4n) is 0.766. The minimum atomic E-state index is -0.366. The molecule has 0 amide bonds. The van der Waals surface area contributed by atoms with Gasteiger partial charge in [-0.15, -0.1) is 0 Å². The highest BCUT2D eigenvalue weighted by atomic mass is 16.3. The van der Waals surface area contributed by atoms with Gasteiger partial charge < -0.3 is 10.5 Å². The van der Waals surface area contributed by atoms with Crippen LogP contribution in [0.2, 0.25) is 0 Å². The first-order valence-electron chi connectivity index (χ1n) is 3.38. The van der Waals surface area contributed by atoms with Gasteiger partial charge >= 0.3 is 0 Å². The van der Waals surface area contributed by atoms with Crippen molar-refractivity contribution >= 4 is 12.0 Å². The van der Waals surface area contributed by atoms with Crippen LogP contribution in [0.4, 0.5) is 0 Å². The van der Waals surface area contributed by atoms with Gasteiger partial charge in [0.05, 0.1) is 18.0 Å². The Morgan fingerprint density at radius 1 is 1.75 bits per heavy atom. The van der Waals surface area contributed by atoms with Crippen LogP contribution in [0.1, 0.15) is 16.1 Å². The second-order valence-electron chi connectivity index (χ2n) is 2.23. The van der Waals surface area contributed by atoms with Gasteiger partial charge in [0, 0.05) is 11.8 Å². The number of aliphatic hydroxyl groups excluding tert-OH is 1. The Balaban J connectivity index is 3.01. The number of rotatable bonds is 3. The largest absolute Gasteiger partial charge is 0.390 e. The highest BCUT2D eigenvalue weighted by Crippen LogP contribution is 1.99. The van der Waals surface area contributed by atoms with E-state index in [0.29, 0.717) is 17.5 Å². The summed E-state index contributed by atoms with van der Waals surface area (Å²) in [5.41, 5.74) is 0.805. The quantitative estimate of drug-likeness (QED) is 0.497. The minimum Gasteiger partial charge on any atom is -0.390 e. The number of hydrogen-bond acceptors (Lipinski definition) is 4. The summed E-state index contributed by atoms with van der Waals surface area (Å²) in [6.07, 6.45) is 2.11. The summed E-state index contributed by atoms with van der Waals surface area (Å²) in [4.78, 5) is 14.1. The van der Waals surface area contributed by atoms with Gasteiger partial charge in [0.25, 0.3) is 0 Å². The van der Waals surface area contributed by atoms with Crippen LogP contribution in [-0.4, -0.2) is 28.7 Å². The van der Waals surface area contributed by atoms with Crippen molar-refractivity contribution in [2.24, 2.45) is 0 Å². The first-order valence-corrected chi connectivity index (χ1v) is 3.38. The maximum absolute atomic E-state index is 10.3. The molecule has 2 N–H and O–H groups in total.